The van der Waals surface area contributed by atoms with E-state index in [0.717, 1.165) is 11.4 Å². The summed E-state index contributed by atoms with van der Waals surface area (Å²) in [5.74, 6) is 0. The van der Waals surface area contributed by atoms with E-state index in [9.17, 15) is 0 Å². The fourth-order valence-electron chi connectivity index (χ4n) is 0.798. The number of hydrazone groups is 1. The number of nitrogens with zero attached hydrogens (tertiary/aromatic N) is 2. The minimum Gasteiger partial charge on any atom is -0.375 e. The largest absolute Gasteiger partial charge is 0.375 e. The van der Waals surface area contributed by atoms with E-state index in [1.807, 2.05) is 25.1 Å². The number of thiocarbonyl (C=S) groups is 1. The van der Waals surface area contributed by atoms with Crippen LogP contribution in [0.5, 0.6) is 0 Å². The Morgan fingerprint density at radius 3 is 3.08 bits per heavy atom. The summed E-state index contributed by atoms with van der Waals surface area (Å²) in [7, 11) is 0. The molecule has 0 fully saturated rings. The maximum Gasteiger partial charge on any atom is 0.184 e. The first-order valence-electron chi connectivity index (χ1n) is 3.70. The van der Waals surface area contributed by atoms with Gasteiger partial charge in [-0.3, -0.25) is 10.4 Å². The van der Waals surface area contributed by atoms with E-state index in [1.165, 1.54) is 0 Å². The van der Waals surface area contributed by atoms with E-state index in [-0.39, 0.29) is 5.11 Å². The molecular formula is C8H10N4S. The van der Waals surface area contributed by atoms with Gasteiger partial charge in [-0.05, 0) is 31.3 Å². The molecule has 1 aromatic heterocycles. The maximum absolute atomic E-state index is 5.17. The summed E-state index contributed by atoms with van der Waals surface area (Å²) in [6.07, 6.45) is 1.56. The highest BCUT2D eigenvalue weighted by molar-refractivity contribution is 7.80. The van der Waals surface area contributed by atoms with E-state index in [4.69, 9.17) is 5.73 Å². The molecule has 0 unspecified atom stereocenters. The molecule has 0 aliphatic heterocycles. The highest BCUT2D eigenvalue weighted by Crippen LogP contribution is 1.94. The minimum atomic E-state index is 0.143. The van der Waals surface area contributed by atoms with Crippen LogP contribution in [0.1, 0.15) is 11.4 Å². The Hall–Kier alpha value is -1.49. The van der Waals surface area contributed by atoms with Crippen molar-refractivity contribution in [2.24, 2.45) is 10.8 Å². The van der Waals surface area contributed by atoms with Gasteiger partial charge in [0.05, 0.1) is 11.9 Å². The summed E-state index contributed by atoms with van der Waals surface area (Å²) >= 11 is 4.57. The predicted octanol–water partition coefficient (Wildman–Crippen LogP) is 0.557. The van der Waals surface area contributed by atoms with Crippen molar-refractivity contribution in [2.75, 3.05) is 0 Å². The molecule has 0 spiro atoms. The Kier molecular flexibility index (Phi) is 3.33. The molecule has 68 valence electrons. The van der Waals surface area contributed by atoms with Crippen LogP contribution in [-0.2, 0) is 0 Å². The molecule has 0 saturated carbocycles. The van der Waals surface area contributed by atoms with Crippen LogP contribution >= 0.6 is 12.2 Å². The molecule has 0 atom stereocenters. The fourth-order valence-corrected chi connectivity index (χ4v) is 0.851. The second-order valence-corrected chi connectivity index (χ2v) is 2.88. The average molecular weight is 194 g/mol. The Balaban J connectivity index is 2.63. The first-order chi connectivity index (χ1) is 6.18. The molecule has 0 radical (unpaired) electrons. The molecule has 1 aromatic rings. The van der Waals surface area contributed by atoms with Crippen molar-refractivity contribution >= 4 is 23.5 Å². The number of nitrogens with two attached hydrogens (primary N) is 1. The summed E-state index contributed by atoms with van der Waals surface area (Å²) in [6, 6.07) is 5.67. The Morgan fingerprint density at radius 1 is 1.69 bits per heavy atom. The third-order valence-electron chi connectivity index (χ3n) is 1.28. The van der Waals surface area contributed by atoms with Gasteiger partial charge in [0.2, 0.25) is 0 Å². The van der Waals surface area contributed by atoms with Crippen LogP contribution in [0.25, 0.3) is 0 Å². The number of aryl methyl sites for hydroxylation is 1. The summed E-state index contributed by atoms with van der Waals surface area (Å²) in [6.45, 7) is 1.92. The minimum absolute atomic E-state index is 0.143. The van der Waals surface area contributed by atoms with Crippen LogP contribution in [0.2, 0.25) is 0 Å². The molecule has 4 nitrogen and oxygen atoms in total. The van der Waals surface area contributed by atoms with Crippen molar-refractivity contribution in [1.29, 1.82) is 0 Å². The van der Waals surface area contributed by atoms with Gasteiger partial charge in [0.1, 0.15) is 0 Å². The molecule has 1 heterocycles. The van der Waals surface area contributed by atoms with Gasteiger partial charge in [-0.1, -0.05) is 6.07 Å². The second-order valence-electron chi connectivity index (χ2n) is 2.44. The maximum atomic E-state index is 5.17. The zero-order valence-electron chi connectivity index (χ0n) is 7.19. The lowest BCUT2D eigenvalue weighted by atomic mass is 10.3. The number of pyridine rings is 1. The smallest absolute Gasteiger partial charge is 0.184 e. The van der Waals surface area contributed by atoms with Crippen molar-refractivity contribution in [3.63, 3.8) is 0 Å². The van der Waals surface area contributed by atoms with Gasteiger partial charge >= 0.3 is 0 Å². The molecule has 5 heteroatoms. The number of aromatic nitrogens is 1. The van der Waals surface area contributed by atoms with Gasteiger partial charge < -0.3 is 5.73 Å². The van der Waals surface area contributed by atoms with Crippen LogP contribution < -0.4 is 11.2 Å². The lowest BCUT2D eigenvalue weighted by molar-refractivity contribution is 1.04. The van der Waals surface area contributed by atoms with Gasteiger partial charge in [-0.2, -0.15) is 5.10 Å². The molecule has 13 heavy (non-hydrogen) atoms. The normalized spacial score (nSPS) is 10.2. The van der Waals surface area contributed by atoms with Crippen molar-refractivity contribution in [1.82, 2.24) is 10.4 Å². The second kappa shape index (κ2) is 4.51. The average Bonchev–Trinajstić information content (AvgIpc) is 2.03. The topological polar surface area (TPSA) is 63.3 Å². The monoisotopic (exact) mass is 194 g/mol. The summed E-state index contributed by atoms with van der Waals surface area (Å²) < 4.78 is 0. The first-order valence-corrected chi connectivity index (χ1v) is 4.11. The highest BCUT2D eigenvalue weighted by Gasteiger charge is 1.88. The lowest BCUT2D eigenvalue weighted by Gasteiger charge is -1.95. The van der Waals surface area contributed by atoms with Gasteiger partial charge in [-0.15, -0.1) is 0 Å². The van der Waals surface area contributed by atoms with Crippen molar-refractivity contribution in [3.05, 3.63) is 29.6 Å². The molecule has 0 aliphatic rings. The SMILES string of the molecule is Cc1cccc(C=NNC(N)=S)n1. The zero-order valence-corrected chi connectivity index (χ0v) is 8.01. The van der Waals surface area contributed by atoms with Crippen molar-refractivity contribution in [3.8, 4) is 0 Å². The molecular weight excluding hydrogens is 184 g/mol. The summed E-state index contributed by atoms with van der Waals surface area (Å²) in [5, 5.41) is 3.92. The third-order valence-corrected chi connectivity index (χ3v) is 1.37. The number of rotatable bonds is 2. The van der Waals surface area contributed by atoms with Crippen LogP contribution in [0.3, 0.4) is 0 Å². The molecule has 3 N–H and O–H groups in total. The Morgan fingerprint density at radius 2 is 2.46 bits per heavy atom. The number of hydrogen-bond donors (Lipinski definition) is 2. The third kappa shape index (κ3) is 3.62. The van der Waals surface area contributed by atoms with E-state index < -0.39 is 0 Å². The molecule has 0 aromatic carbocycles. The lowest BCUT2D eigenvalue weighted by Crippen LogP contribution is -2.24. The van der Waals surface area contributed by atoms with E-state index in [2.05, 4.69) is 27.7 Å². The van der Waals surface area contributed by atoms with E-state index in [0.29, 0.717) is 0 Å². The van der Waals surface area contributed by atoms with Crippen molar-refractivity contribution < 1.29 is 0 Å². The Labute approximate surface area is 81.9 Å². The Bertz CT molecular complexity index is 335. The van der Waals surface area contributed by atoms with Crippen LogP contribution in [-0.4, -0.2) is 16.3 Å². The van der Waals surface area contributed by atoms with Crippen LogP contribution in [0.15, 0.2) is 23.3 Å². The van der Waals surface area contributed by atoms with E-state index >= 15 is 0 Å². The van der Waals surface area contributed by atoms with Crippen molar-refractivity contribution in [2.45, 2.75) is 6.92 Å². The van der Waals surface area contributed by atoms with Gasteiger partial charge in [0.25, 0.3) is 0 Å². The zero-order chi connectivity index (χ0) is 9.68. The molecule has 0 amide bonds. The summed E-state index contributed by atoms with van der Waals surface area (Å²) in [4.78, 5) is 4.20. The fraction of sp³-hybridized carbons (Fsp3) is 0.125. The molecule has 0 bridgehead atoms. The first kappa shape index (κ1) is 9.60. The summed E-state index contributed by atoms with van der Waals surface area (Å²) in [5.41, 5.74) is 9.34. The number of nitrogens with one attached hydrogen (secondary N) is 1. The van der Waals surface area contributed by atoms with Crippen LogP contribution in [0.4, 0.5) is 0 Å². The molecule has 0 aliphatic carbocycles. The van der Waals surface area contributed by atoms with E-state index in [1.54, 1.807) is 6.21 Å². The van der Waals surface area contributed by atoms with Gasteiger partial charge in [-0.25, -0.2) is 0 Å². The molecule has 0 saturated heterocycles. The number of hydrogen-bond acceptors (Lipinski definition) is 3. The van der Waals surface area contributed by atoms with Crippen LogP contribution in [0, 0.1) is 6.92 Å². The molecule has 1 rings (SSSR count). The quantitative estimate of drug-likeness (QED) is 0.410. The van der Waals surface area contributed by atoms with Gasteiger partial charge in [0, 0.05) is 5.69 Å². The highest BCUT2D eigenvalue weighted by atomic mass is 32.1. The standard InChI is InChI=1S/C8H10N4S/c1-6-3-2-4-7(11-6)5-10-12-8(9)13/h2-5H,1H3,(H3,9,12,13). The van der Waals surface area contributed by atoms with Gasteiger partial charge in [0.15, 0.2) is 5.11 Å². The predicted molar refractivity (Wildman–Crippen MR) is 56.5 cm³/mol.